The first kappa shape index (κ1) is 21.2. The van der Waals surface area contributed by atoms with Crippen LogP contribution in [0, 0.1) is 5.92 Å². The van der Waals surface area contributed by atoms with Crippen LogP contribution in [0.4, 0.5) is 0 Å². The molecule has 1 saturated heterocycles. The standard InChI is InChI=1S/C28H31NO2/c1-22(31-27-10-6-3-7-11-27)28(30)29-20-18-24(19-21-29)13-12-23-14-16-26(17-15-23)25-8-4-2-5-9-25/h2-11,14-17,22,24H,12-13,18-21H2,1H3/t22-/m0/s1. The van der Waals surface area contributed by atoms with E-state index < -0.39 is 6.10 Å². The molecule has 1 atom stereocenters. The van der Waals surface area contributed by atoms with Gasteiger partial charge in [0.15, 0.2) is 6.10 Å². The molecule has 1 fully saturated rings. The van der Waals surface area contributed by atoms with Crippen LogP contribution in [0.5, 0.6) is 5.75 Å². The third-order valence-corrected chi connectivity index (χ3v) is 6.23. The summed E-state index contributed by atoms with van der Waals surface area (Å²) in [6.07, 6.45) is 3.99. The lowest BCUT2D eigenvalue weighted by Gasteiger charge is -2.33. The molecule has 3 nitrogen and oxygen atoms in total. The number of piperidine rings is 1. The van der Waals surface area contributed by atoms with Gasteiger partial charge in [-0.3, -0.25) is 4.79 Å². The number of rotatable bonds is 7. The number of amides is 1. The molecule has 4 rings (SSSR count). The second kappa shape index (κ2) is 10.3. The predicted molar refractivity (Wildman–Crippen MR) is 126 cm³/mol. The maximum absolute atomic E-state index is 12.7. The molecule has 1 heterocycles. The van der Waals surface area contributed by atoms with Crippen molar-refractivity contribution >= 4 is 5.91 Å². The van der Waals surface area contributed by atoms with Gasteiger partial charge in [-0.2, -0.15) is 0 Å². The number of nitrogens with zero attached hydrogens (tertiary/aromatic N) is 1. The molecular formula is C28H31NO2. The summed E-state index contributed by atoms with van der Waals surface area (Å²) in [5.74, 6) is 1.53. The van der Waals surface area contributed by atoms with Gasteiger partial charge >= 0.3 is 0 Å². The molecule has 0 N–H and O–H groups in total. The van der Waals surface area contributed by atoms with Gasteiger partial charge in [-0.05, 0) is 67.3 Å². The third kappa shape index (κ3) is 5.75. The van der Waals surface area contributed by atoms with E-state index >= 15 is 0 Å². The lowest BCUT2D eigenvalue weighted by molar-refractivity contribution is -0.139. The first-order valence-corrected chi connectivity index (χ1v) is 11.3. The van der Waals surface area contributed by atoms with Crippen molar-refractivity contribution in [1.82, 2.24) is 4.90 Å². The average Bonchev–Trinajstić information content (AvgIpc) is 2.84. The van der Waals surface area contributed by atoms with Crippen LogP contribution >= 0.6 is 0 Å². The van der Waals surface area contributed by atoms with Crippen LogP contribution in [0.3, 0.4) is 0 Å². The summed E-state index contributed by atoms with van der Waals surface area (Å²) in [4.78, 5) is 14.7. The van der Waals surface area contributed by atoms with Crippen molar-refractivity contribution in [2.75, 3.05) is 13.1 Å². The van der Waals surface area contributed by atoms with E-state index in [9.17, 15) is 4.79 Å². The van der Waals surface area contributed by atoms with Crippen LogP contribution in [-0.2, 0) is 11.2 Å². The highest BCUT2D eigenvalue weighted by Gasteiger charge is 2.26. The Balaban J connectivity index is 1.22. The van der Waals surface area contributed by atoms with Gasteiger partial charge in [-0.15, -0.1) is 0 Å². The molecule has 0 radical (unpaired) electrons. The number of benzene rings is 3. The monoisotopic (exact) mass is 413 g/mol. The molecular weight excluding hydrogens is 382 g/mol. The average molecular weight is 414 g/mol. The number of aryl methyl sites for hydroxylation is 1. The molecule has 0 saturated carbocycles. The van der Waals surface area contributed by atoms with Gasteiger partial charge in [-0.1, -0.05) is 72.8 Å². The predicted octanol–water partition coefficient (Wildman–Crippen LogP) is 5.99. The highest BCUT2D eigenvalue weighted by Crippen LogP contribution is 2.25. The molecule has 1 aliphatic heterocycles. The van der Waals surface area contributed by atoms with Gasteiger partial charge in [-0.25, -0.2) is 0 Å². The summed E-state index contributed by atoms with van der Waals surface area (Å²) in [6.45, 7) is 3.51. The van der Waals surface area contributed by atoms with Gasteiger partial charge in [0, 0.05) is 13.1 Å². The van der Waals surface area contributed by atoms with Crippen LogP contribution < -0.4 is 4.74 Å². The summed E-state index contributed by atoms with van der Waals surface area (Å²) < 4.78 is 5.81. The van der Waals surface area contributed by atoms with Crippen molar-refractivity contribution in [3.8, 4) is 16.9 Å². The van der Waals surface area contributed by atoms with Gasteiger partial charge in [0.1, 0.15) is 5.75 Å². The van der Waals surface area contributed by atoms with E-state index in [4.69, 9.17) is 4.74 Å². The molecule has 3 aromatic rings. The zero-order valence-electron chi connectivity index (χ0n) is 18.2. The highest BCUT2D eigenvalue weighted by molar-refractivity contribution is 5.81. The number of carbonyl (C=O) groups excluding carboxylic acids is 1. The number of hydrogen-bond donors (Lipinski definition) is 0. The second-order valence-corrected chi connectivity index (χ2v) is 8.44. The third-order valence-electron chi connectivity index (χ3n) is 6.23. The Kier molecular flexibility index (Phi) is 7.03. The van der Waals surface area contributed by atoms with Crippen LogP contribution in [0.2, 0.25) is 0 Å². The van der Waals surface area contributed by atoms with Crippen molar-refractivity contribution in [3.05, 3.63) is 90.5 Å². The zero-order valence-corrected chi connectivity index (χ0v) is 18.2. The molecule has 1 amide bonds. The summed E-state index contributed by atoms with van der Waals surface area (Å²) in [5.41, 5.74) is 3.92. The van der Waals surface area contributed by atoms with Gasteiger partial charge in [0.25, 0.3) is 5.91 Å². The number of likely N-dealkylation sites (tertiary alicyclic amines) is 1. The van der Waals surface area contributed by atoms with Crippen molar-refractivity contribution in [2.45, 2.75) is 38.7 Å². The second-order valence-electron chi connectivity index (χ2n) is 8.44. The van der Waals surface area contributed by atoms with E-state index in [1.165, 1.54) is 23.1 Å². The fourth-order valence-electron chi connectivity index (χ4n) is 4.32. The number of hydrogen-bond acceptors (Lipinski definition) is 2. The maximum atomic E-state index is 12.7. The Bertz CT molecular complexity index is 945. The fraction of sp³-hybridized carbons (Fsp3) is 0.321. The molecule has 0 unspecified atom stereocenters. The minimum Gasteiger partial charge on any atom is -0.481 e. The summed E-state index contributed by atoms with van der Waals surface area (Å²) >= 11 is 0. The Hall–Kier alpha value is -3.07. The molecule has 0 aliphatic carbocycles. The smallest absolute Gasteiger partial charge is 0.263 e. The minimum atomic E-state index is -0.443. The number of carbonyl (C=O) groups is 1. The van der Waals surface area contributed by atoms with E-state index in [2.05, 4.69) is 48.5 Å². The van der Waals surface area contributed by atoms with Gasteiger partial charge < -0.3 is 9.64 Å². The topological polar surface area (TPSA) is 29.5 Å². The molecule has 0 spiro atoms. The Morgan fingerprint density at radius 1 is 0.871 bits per heavy atom. The molecule has 0 bridgehead atoms. The maximum Gasteiger partial charge on any atom is 0.263 e. The minimum absolute atomic E-state index is 0.0961. The highest BCUT2D eigenvalue weighted by atomic mass is 16.5. The Morgan fingerprint density at radius 3 is 2.10 bits per heavy atom. The van der Waals surface area contributed by atoms with Crippen molar-refractivity contribution in [1.29, 1.82) is 0 Å². The first-order chi connectivity index (χ1) is 15.2. The molecule has 0 aromatic heterocycles. The zero-order chi connectivity index (χ0) is 21.5. The molecule has 160 valence electrons. The lowest BCUT2D eigenvalue weighted by Crippen LogP contribution is -2.44. The van der Waals surface area contributed by atoms with E-state index in [1.54, 1.807) is 0 Å². The summed E-state index contributed by atoms with van der Waals surface area (Å²) in [5, 5.41) is 0. The lowest BCUT2D eigenvalue weighted by atomic mass is 9.90. The van der Waals surface area contributed by atoms with Crippen LogP contribution in [0.15, 0.2) is 84.9 Å². The molecule has 1 aliphatic rings. The quantitative estimate of drug-likeness (QED) is 0.476. The van der Waals surface area contributed by atoms with E-state index in [-0.39, 0.29) is 5.91 Å². The van der Waals surface area contributed by atoms with Gasteiger partial charge in [0.2, 0.25) is 0 Å². The van der Waals surface area contributed by atoms with Gasteiger partial charge in [0.05, 0.1) is 0 Å². The Morgan fingerprint density at radius 2 is 1.45 bits per heavy atom. The molecule has 31 heavy (non-hydrogen) atoms. The largest absolute Gasteiger partial charge is 0.481 e. The van der Waals surface area contributed by atoms with Crippen LogP contribution in [-0.4, -0.2) is 30.0 Å². The van der Waals surface area contributed by atoms with E-state index in [0.29, 0.717) is 5.92 Å². The van der Waals surface area contributed by atoms with Crippen LogP contribution in [0.25, 0.3) is 11.1 Å². The molecule has 3 heteroatoms. The molecule has 3 aromatic carbocycles. The van der Waals surface area contributed by atoms with Crippen molar-refractivity contribution < 1.29 is 9.53 Å². The van der Waals surface area contributed by atoms with E-state index in [0.717, 1.165) is 38.1 Å². The summed E-state index contributed by atoms with van der Waals surface area (Å²) in [6, 6.07) is 29.0. The normalized spacial score (nSPS) is 15.5. The number of para-hydroxylation sites is 1. The van der Waals surface area contributed by atoms with Crippen molar-refractivity contribution in [2.24, 2.45) is 5.92 Å². The fourth-order valence-corrected chi connectivity index (χ4v) is 4.32. The first-order valence-electron chi connectivity index (χ1n) is 11.3. The van der Waals surface area contributed by atoms with E-state index in [1.807, 2.05) is 48.2 Å². The Labute approximate surface area is 185 Å². The SMILES string of the molecule is C[C@H](Oc1ccccc1)C(=O)N1CCC(CCc2ccc(-c3ccccc3)cc2)CC1. The number of ether oxygens (including phenoxy) is 1. The van der Waals surface area contributed by atoms with Crippen molar-refractivity contribution in [3.63, 3.8) is 0 Å². The van der Waals surface area contributed by atoms with Crippen LogP contribution in [0.1, 0.15) is 31.7 Å². The summed E-state index contributed by atoms with van der Waals surface area (Å²) in [7, 11) is 0.